The van der Waals surface area contributed by atoms with Crippen LogP contribution in [0, 0.1) is 6.92 Å². The van der Waals surface area contributed by atoms with Crippen LogP contribution in [0.15, 0.2) is 10.9 Å². The molecule has 1 aliphatic rings. The summed E-state index contributed by atoms with van der Waals surface area (Å²) in [6, 6.07) is 1.47. The van der Waals surface area contributed by atoms with Gasteiger partial charge >= 0.3 is 0 Å². The van der Waals surface area contributed by atoms with Crippen molar-refractivity contribution in [3.05, 3.63) is 27.9 Å². The third-order valence-electron chi connectivity index (χ3n) is 2.13. The Morgan fingerprint density at radius 3 is 2.83 bits per heavy atom. The van der Waals surface area contributed by atoms with Crippen molar-refractivity contribution in [2.24, 2.45) is 5.73 Å². The number of hydrogen-bond donors (Lipinski definition) is 2. The molecule has 0 radical (unpaired) electrons. The monoisotopic (exact) mass is 165 g/mol. The van der Waals surface area contributed by atoms with Crippen LogP contribution in [0.4, 0.5) is 0 Å². The molecule has 0 aromatic carbocycles. The first-order chi connectivity index (χ1) is 5.60. The quantitative estimate of drug-likeness (QED) is 0.616. The van der Waals surface area contributed by atoms with Gasteiger partial charge in [-0.1, -0.05) is 0 Å². The van der Waals surface area contributed by atoms with Crippen LogP contribution in [0.25, 0.3) is 0 Å². The van der Waals surface area contributed by atoms with E-state index in [0.717, 1.165) is 18.5 Å². The Hall–Kier alpha value is -1.16. The van der Waals surface area contributed by atoms with Crippen LogP contribution >= 0.6 is 0 Å². The fourth-order valence-electron chi connectivity index (χ4n) is 1.19. The van der Waals surface area contributed by atoms with Crippen LogP contribution in [0.2, 0.25) is 0 Å². The Morgan fingerprint density at radius 2 is 2.33 bits per heavy atom. The highest BCUT2D eigenvalue weighted by Crippen LogP contribution is 2.40. The zero-order chi connectivity index (χ0) is 8.77. The minimum atomic E-state index is -0.342. The molecule has 1 aromatic heterocycles. The van der Waals surface area contributed by atoms with Crippen LogP contribution in [-0.2, 0) is 5.54 Å². The van der Waals surface area contributed by atoms with Gasteiger partial charge in [0.05, 0.1) is 5.54 Å². The van der Waals surface area contributed by atoms with Crippen molar-refractivity contribution in [2.75, 3.05) is 0 Å². The maximum absolute atomic E-state index is 11.0. The van der Waals surface area contributed by atoms with Crippen LogP contribution < -0.4 is 11.3 Å². The smallest absolute Gasteiger partial charge is 0.251 e. The summed E-state index contributed by atoms with van der Waals surface area (Å²) in [5.74, 6) is 0.632. The van der Waals surface area contributed by atoms with Crippen molar-refractivity contribution in [3.63, 3.8) is 0 Å². The van der Waals surface area contributed by atoms with E-state index in [-0.39, 0.29) is 11.1 Å². The molecule has 0 amide bonds. The molecule has 1 fully saturated rings. The third kappa shape index (κ3) is 1.14. The van der Waals surface area contributed by atoms with Gasteiger partial charge in [-0.2, -0.15) is 0 Å². The molecule has 1 aliphatic carbocycles. The molecule has 4 nitrogen and oxygen atoms in total. The van der Waals surface area contributed by atoms with Crippen LogP contribution in [-0.4, -0.2) is 9.97 Å². The first-order valence-corrected chi connectivity index (χ1v) is 3.97. The second kappa shape index (κ2) is 2.17. The summed E-state index contributed by atoms with van der Waals surface area (Å²) in [6.07, 6.45) is 1.83. The fraction of sp³-hybridized carbons (Fsp3) is 0.500. The van der Waals surface area contributed by atoms with Gasteiger partial charge in [-0.3, -0.25) is 4.79 Å². The highest BCUT2D eigenvalue weighted by Gasteiger charge is 2.42. The summed E-state index contributed by atoms with van der Waals surface area (Å²) in [5.41, 5.74) is 6.14. The molecule has 4 heteroatoms. The van der Waals surface area contributed by atoms with Gasteiger partial charge in [-0.15, -0.1) is 0 Å². The lowest BCUT2D eigenvalue weighted by molar-refractivity contribution is 0.662. The van der Waals surface area contributed by atoms with E-state index >= 15 is 0 Å². The number of aromatic nitrogens is 2. The molecule has 1 saturated carbocycles. The zero-order valence-corrected chi connectivity index (χ0v) is 6.92. The fourth-order valence-corrected chi connectivity index (χ4v) is 1.19. The first kappa shape index (κ1) is 7.49. The van der Waals surface area contributed by atoms with Gasteiger partial charge in [0, 0.05) is 11.8 Å². The zero-order valence-electron chi connectivity index (χ0n) is 6.92. The second-order valence-corrected chi connectivity index (χ2v) is 3.39. The molecule has 0 spiro atoms. The van der Waals surface area contributed by atoms with E-state index in [1.807, 2.05) is 0 Å². The van der Waals surface area contributed by atoms with Gasteiger partial charge < -0.3 is 10.7 Å². The van der Waals surface area contributed by atoms with Crippen LogP contribution in [0.5, 0.6) is 0 Å². The molecule has 3 N–H and O–H groups in total. The maximum Gasteiger partial charge on any atom is 0.251 e. The highest BCUT2D eigenvalue weighted by atomic mass is 16.1. The van der Waals surface area contributed by atoms with Crippen molar-refractivity contribution in [1.29, 1.82) is 0 Å². The minimum absolute atomic E-state index is 0.116. The van der Waals surface area contributed by atoms with Crippen LogP contribution in [0.1, 0.15) is 24.4 Å². The second-order valence-electron chi connectivity index (χ2n) is 3.39. The number of nitrogens with one attached hydrogen (secondary N) is 1. The number of aromatic amines is 1. The molecular formula is C8H11N3O. The number of nitrogens with zero attached hydrogens (tertiary/aromatic N) is 1. The molecule has 0 atom stereocenters. The molecule has 1 heterocycles. The first-order valence-electron chi connectivity index (χ1n) is 3.97. The van der Waals surface area contributed by atoms with Crippen molar-refractivity contribution >= 4 is 0 Å². The molecule has 0 unspecified atom stereocenters. The Morgan fingerprint density at radius 1 is 1.67 bits per heavy atom. The van der Waals surface area contributed by atoms with Crippen molar-refractivity contribution < 1.29 is 0 Å². The van der Waals surface area contributed by atoms with E-state index in [1.165, 1.54) is 6.07 Å². The number of hydrogen-bond acceptors (Lipinski definition) is 3. The Labute approximate surface area is 69.8 Å². The summed E-state index contributed by atoms with van der Waals surface area (Å²) in [4.78, 5) is 17.9. The van der Waals surface area contributed by atoms with E-state index in [9.17, 15) is 4.79 Å². The largest absolute Gasteiger partial charge is 0.319 e. The molecular weight excluding hydrogens is 154 g/mol. The lowest BCUT2D eigenvalue weighted by Crippen LogP contribution is -2.26. The number of rotatable bonds is 1. The normalized spacial score (nSPS) is 19.2. The summed E-state index contributed by atoms with van der Waals surface area (Å²) >= 11 is 0. The number of H-pyrrole nitrogens is 1. The maximum atomic E-state index is 11.0. The summed E-state index contributed by atoms with van der Waals surface area (Å²) in [5, 5.41) is 0. The molecule has 0 aliphatic heterocycles. The van der Waals surface area contributed by atoms with Gasteiger partial charge in [0.15, 0.2) is 0 Å². The van der Waals surface area contributed by atoms with Crippen LogP contribution in [0.3, 0.4) is 0 Å². The van der Waals surface area contributed by atoms with Gasteiger partial charge in [0.2, 0.25) is 0 Å². The standard InChI is InChI=1S/C8H11N3O/c1-5-4-6(12)11-7(10-5)8(9)2-3-8/h4H,2-3,9H2,1H3,(H,10,11,12). The molecule has 0 bridgehead atoms. The number of aryl methyl sites for hydroxylation is 1. The SMILES string of the molecule is Cc1cc(=O)[nH]c(C2(N)CC2)n1. The summed E-state index contributed by atoms with van der Waals surface area (Å²) < 4.78 is 0. The topological polar surface area (TPSA) is 71.8 Å². The molecule has 12 heavy (non-hydrogen) atoms. The molecule has 0 saturated heterocycles. The predicted molar refractivity (Wildman–Crippen MR) is 44.7 cm³/mol. The highest BCUT2D eigenvalue weighted by molar-refractivity contribution is 5.16. The van der Waals surface area contributed by atoms with Crippen molar-refractivity contribution in [1.82, 2.24) is 9.97 Å². The number of nitrogens with two attached hydrogens (primary N) is 1. The molecule has 64 valence electrons. The van der Waals surface area contributed by atoms with Gasteiger partial charge in [-0.05, 0) is 19.8 Å². The Kier molecular flexibility index (Phi) is 1.35. The average molecular weight is 165 g/mol. The molecule has 1 aromatic rings. The Bertz CT molecular complexity index is 365. The van der Waals surface area contributed by atoms with E-state index in [1.54, 1.807) is 6.92 Å². The van der Waals surface area contributed by atoms with Gasteiger partial charge in [0.1, 0.15) is 5.82 Å². The van der Waals surface area contributed by atoms with E-state index < -0.39 is 0 Å². The van der Waals surface area contributed by atoms with E-state index in [2.05, 4.69) is 9.97 Å². The predicted octanol–water partition coefficient (Wildman–Crippen LogP) is 0.0261. The van der Waals surface area contributed by atoms with E-state index in [4.69, 9.17) is 5.73 Å². The molecule has 2 rings (SSSR count). The van der Waals surface area contributed by atoms with Crippen molar-refractivity contribution in [3.8, 4) is 0 Å². The lowest BCUT2D eigenvalue weighted by atomic mass is 10.2. The summed E-state index contributed by atoms with van der Waals surface area (Å²) in [7, 11) is 0. The summed E-state index contributed by atoms with van der Waals surface area (Å²) in [6.45, 7) is 1.80. The van der Waals surface area contributed by atoms with Crippen molar-refractivity contribution in [2.45, 2.75) is 25.3 Å². The Balaban J connectivity index is 2.51. The van der Waals surface area contributed by atoms with E-state index in [0.29, 0.717) is 5.82 Å². The average Bonchev–Trinajstić information content (AvgIpc) is 2.67. The van der Waals surface area contributed by atoms with Gasteiger partial charge in [0.25, 0.3) is 5.56 Å². The minimum Gasteiger partial charge on any atom is -0.319 e. The third-order valence-corrected chi connectivity index (χ3v) is 2.13. The van der Waals surface area contributed by atoms with Gasteiger partial charge in [-0.25, -0.2) is 4.98 Å². The lowest BCUT2D eigenvalue weighted by Gasteiger charge is -2.06.